The number of nitrogens with one attached hydrogen (secondary N) is 2. The summed E-state index contributed by atoms with van der Waals surface area (Å²) >= 11 is 0. The highest BCUT2D eigenvalue weighted by Crippen LogP contribution is 2.23. The first-order valence-electron chi connectivity index (χ1n) is 10.9. The summed E-state index contributed by atoms with van der Waals surface area (Å²) in [6, 6.07) is 0. The first-order chi connectivity index (χ1) is 14.7. The van der Waals surface area contributed by atoms with Crippen LogP contribution in [0.1, 0.15) is 54.4 Å². The Balaban J connectivity index is 2.31. The van der Waals surface area contributed by atoms with Gasteiger partial charge in [0, 0.05) is 50.0 Å². The van der Waals surface area contributed by atoms with Crippen molar-refractivity contribution in [3.63, 3.8) is 0 Å². The van der Waals surface area contributed by atoms with Crippen LogP contribution in [0.25, 0.3) is 0 Å². The number of ether oxygens (including phenoxy) is 1. The fourth-order valence-electron chi connectivity index (χ4n) is 2.89. The summed E-state index contributed by atoms with van der Waals surface area (Å²) in [5.41, 5.74) is -0.797. The van der Waals surface area contributed by atoms with Crippen molar-refractivity contribution in [2.24, 2.45) is 16.2 Å². The molecule has 8 nitrogen and oxygen atoms in total. The molecule has 2 N–H and O–H groups in total. The van der Waals surface area contributed by atoms with E-state index >= 15 is 0 Å². The van der Waals surface area contributed by atoms with Crippen LogP contribution in [0.3, 0.4) is 0 Å². The summed E-state index contributed by atoms with van der Waals surface area (Å²) in [7, 11) is 0. The lowest BCUT2D eigenvalue weighted by Gasteiger charge is -2.29. The van der Waals surface area contributed by atoms with Crippen molar-refractivity contribution < 1.29 is 23.9 Å². The Morgan fingerprint density at radius 1 is 0.938 bits per heavy atom. The summed E-state index contributed by atoms with van der Waals surface area (Å²) in [5.74, 6) is -1.04. The first kappa shape index (κ1) is 27.6. The second-order valence-electron chi connectivity index (χ2n) is 10.7. The van der Waals surface area contributed by atoms with Crippen LogP contribution in [0.2, 0.25) is 0 Å². The van der Waals surface area contributed by atoms with Gasteiger partial charge >= 0.3 is 0 Å². The van der Waals surface area contributed by atoms with Crippen molar-refractivity contribution in [1.29, 1.82) is 0 Å². The van der Waals surface area contributed by atoms with E-state index in [1.54, 1.807) is 0 Å². The molecule has 0 fully saturated rings. The van der Waals surface area contributed by atoms with E-state index in [0.717, 1.165) is 4.90 Å². The Labute approximate surface area is 191 Å². The van der Waals surface area contributed by atoms with Crippen LogP contribution < -0.4 is 10.6 Å². The highest BCUT2D eigenvalue weighted by atomic mass is 16.5. The molecule has 0 saturated heterocycles. The average molecular weight is 450 g/mol. The average Bonchev–Trinajstić information content (AvgIpc) is 3.00. The van der Waals surface area contributed by atoms with Gasteiger partial charge in [0.2, 0.25) is 11.8 Å². The van der Waals surface area contributed by atoms with Crippen molar-refractivity contribution in [3.05, 3.63) is 24.8 Å². The minimum atomic E-state index is -0.391. The van der Waals surface area contributed by atoms with Gasteiger partial charge < -0.3 is 15.4 Å². The maximum absolute atomic E-state index is 12.3. The number of carbonyl (C=O) groups excluding carboxylic acids is 4. The number of carbonyl (C=O) groups is 4. The molecule has 0 aromatic heterocycles. The number of hydrogen-bond acceptors (Lipinski definition) is 5. The van der Waals surface area contributed by atoms with Crippen LogP contribution in [0.15, 0.2) is 24.8 Å². The molecule has 4 amide bonds. The maximum Gasteiger partial charge on any atom is 0.253 e. The molecule has 8 heteroatoms. The molecular formula is C24H39N3O5. The standard InChI is InChI=1S/C24H39N3O5/c1-8-22(2,3)14-26-19(29)13-23(4,5)16-32-17-24(6,7)15-25-18(28)11-12-27-20(30)9-10-21(27)31/h8-10H,1,11-17H2,2-7H3,(H,25,28)(H,26,29). The summed E-state index contributed by atoms with van der Waals surface area (Å²) in [6.07, 6.45) is 4.63. The maximum atomic E-state index is 12.3. The lowest BCUT2D eigenvalue weighted by Crippen LogP contribution is -2.40. The first-order valence-corrected chi connectivity index (χ1v) is 10.9. The summed E-state index contributed by atoms with van der Waals surface area (Å²) in [6.45, 7) is 17.5. The fourth-order valence-corrected chi connectivity index (χ4v) is 2.89. The number of rotatable bonds is 14. The topological polar surface area (TPSA) is 105 Å². The van der Waals surface area contributed by atoms with E-state index in [1.165, 1.54) is 12.2 Å². The third kappa shape index (κ3) is 10.2. The van der Waals surface area contributed by atoms with Crippen LogP contribution >= 0.6 is 0 Å². The van der Waals surface area contributed by atoms with Crippen LogP contribution in [0.5, 0.6) is 0 Å². The van der Waals surface area contributed by atoms with Gasteiger partial charge in [-0.2, -0.15) is 0 Å². The number of amides is 4. The number of hydrogen-bond donors (Lipinski definition) is 2. The van der Waals surface area contributed by atoms with E-state index in [4.69, 9.17) is 4.74 Å². The molecule has 1 rings (SSSR count). The van der Waals surface area contributed by atoms with Gasteiger partial charge in [0.05, 0.1) is 13.2 Å². The molecule has 0 unspecified atom stereocenters. The quantitative estimate of drug-likeness (QED) is 0.312. The summed E-state index contributed by atoms with van der Waals surface area (Å²) < 4.78 is 5.88. The Hall–Kier alpha value is -2.48. The molecule has 1 aliphatic heterocycles. The zero-order chi connectivity index (χ0) is 24.6. The highest BCUT2D eigenvalue weighted by molar-refractivity contribution is 6.13. The van der Waals surface area contributed by atoms with Crippen molar-refractivity contribution >= 4 is 23.6 Å². The molecule has 0 aliphatic carbocycles. The minimum absolute atomic E-state index is 0.0229. The molecule has 0 bridgehead atoms. The largest absolute Gasteiger partial charge is 0.380 e. The highest BCUT2D eigenvalue weighted by Gasteiger charge is 2.27. The molecular weight excluding hydrogens is 410 g/mol. The van der Waals surface area contributed by atoms with Crippen LogP contribution in [-0.2, 0) is 23.9 Å². The molecule has 1 aliphatic rings. The molecule has 0 aromatic rings. The van der Waals surface area contributed by atoms with E-state index in [9.17, 15) is 19.2 Å². The molecule has 1 heterocycles. The number of imide groups is 1. The number of nitrogens with zero attached hydrogens (tertiary/aromatic N) is 1. The lowest BCUT2D eigenvalue weighted by atomic mass is 9.89. The molecule has 0 spiro atoms. The zero-order valence-corrected chi connectivity index (χ0v) is 20.4. The summed E-state index contributed by atoms with van der Waals surface area (Å²) in [5, 5.41) is 5.78. The molecule has 32 heavy (non-hydrogen) atoms. The minimum Gasteiger partial charge on any atom is -0.380 e. The second-order valence-corrected chi connectivity index (χ2v) is 10.7. The Bertz CT molecular complexity index is 735. The van der Waals surface area contributed by atoms with Crippen molar-refractivity contribution in [2.45, 2.75) is 54.4 Å². The normalized spacial score (nSPS) is 14.6. The van der Waals surface area contributed by atoms with Gasteiger partial charge in [0.15, 0.2) is 0 Å². The molecule has 0 atom stereocenters. The zero-order valence-electron chi connectivity index (χ0n) is 20.4. The molecule has 0 radical (unpaired) electrons. The Morgan fingerprint density at radius 2 is 1.47 bits per heavy atom. The predicted octanol–water partition coefficient (Wildman–Crippen LogP) is 2.21. The van der Waals surface area contributed by atoms with E-state index in [-0.39, 0.29) is 41.0 Å². The Kier molecular flexibility index (Phi) is 9.82. The third-order valence-corrected chi connectivity index (χ3v) is 5.15. The van der Waals surface area contributed by atoms with Crippen molar-refractivity contribution in [1.82, 2.24) is 15.5 Å². The smallest absolute Gasteiger partial charge is 0.253 e. The van der Waals surface area contributed by atoms with Gasteiger partial charge in [0.1, 0.15) is 0 Å². The van der Waals surface area contributed by atoms with E-state index < -0.39 is 11.8 Å². The molecule has 0 aromatic carbocycles. The fraction of sp³-hybridized carbons (Fsp3) is 0.667. The van der Waals surface area contributed by atoms with Gasteiger partial charge in [0.25, 0.3) is 11.8 Å². The van der Waals surface area contributed by atoms with Gasteiger partial charge in [-0.05, 0) is 10.8 Å². The van der Waals surface area contributed by atoms with Crippen LogP contribution in [-0.4, -0.2) is 61.4 Å². The van der Waals surface area contributed by atoms with Gasteiger partial charge in [-0.1, -0.05) is 47.6 Å². The van der Waals surface area contributed by atoms with Crippen molar-refractivity contribution in [3.8, 4) is 0 Å². The predicted molar refractivity (Wildman–Crippen MR) is 123 cm³/mol. The van der Waals surface area contributed by atoms with Crippen molar-refractivity contribution in [2.75, 3.05) is 32.8 Å². The van der Waals surface area contributed by atoms with Gasteiger partial charge in [-0.3, -0.25) is 24.1 Å². The molecule has 180 valence electrons. The Morgan fingerprint density at radius 3 is 2.03 bits per heavy atom. The van der Waals surface area contributed by atoms with E-state index in [1.807, 2.05) is 47.6 Å². The summed E-state index contributed by atoms with van der Waals surface area (Å²) in [4.78, 5) is 48.4. The SMILES string of the molecule is C=CC(C)(C)CNC(=O)CC(C)(C)COCC(C)(C)CNC(=O)CCN1C(=O)C=CC1=O. The molecule has 0 saturated carbocycles. The van der Waals surface area contributed by atoms with Crippen LogP contribution in [0.4, 0.5) is 0 Å². The van der Waals surface area contributed by atoms with Crippen LogP contribution in [0, 0.1) is 16.2 Å². The lowest BCUT2D eigenvalue weighted by molar-refractivity contribution is -0.137. The monoisotopic (exact) mass is 449 g/mol. The third-order valence-electron chi connectivity index (χ3n) is 5.15. The van der Waals surface area contributed by atoms with Gasteiger partial charge in [-0.15, -0.1) is 6.58 Å². The van der Waals surface area contributed by atoms with Gasteiger partial charge in [-0.25, -0.2) is 0 Å². The van der Waals surface area contributed by atoms with E-state index in [0.29, 0.717) is 32.7 Å². The second kappa shape index (κ2) is 11.4. The van der Waals surface area contributed by atoms with E-state index in [2.05, 4.69) is 17.2 Å².